The molecule has 0 aliphatic rings. The molecule has 0 atom stereocenters. The Hall–Kier alpha value is -1.42. The first-order valence-corrected chi connectivity index (χ1v) is 6.18. The van der Waals surface area contributed by atoms with Crippen LogP contribution in [0.15, 0.2) is 40.9 Å². The molecule has 0 amide bonds. The highest BCUT2D eigenvalue weighted by Gasteiger charge is 2.04. The van der Waals surface area contributed by atoms with Crippen LogP contribution in [0.5, 0.6) is 5.75 Å². The molecule has 94 valence electrons. The van der Waals surface area contributed by atoms with Gasteiger partial charge in [0.1, 0.15) is 12.4 Å². The van der Waals surface area contributed by atoms with Crippen molar-refractivity contribution in [1.29, 1.82) is 0 Å². The predicted octanol–water partition coefficient (Wildman–Crippen LogP) is 4.61. The van der Waals surface area contributed by atoms with E-state index < -0.39 is 11.6 Å². The molecule has 0 aliphatic heterocycles. The van der Waals surface area contributed by atoms with E-state index in [1.165, 1.54) is 6.07 Å². The summed E-state index contributed by atoms with van der Waals surface area (Å²) >= 11 is 3.40. The van der Waals surface area contributed by atoms with E-state index in [0.29, 0.717) is 11.3 Å². The first-order chi connectivity index (χ1) is 8.56. The smallest absolute Gasteiger partial charge is 0.159 e. The van der Waals surface area contributed by atoms with Crippen LogP contribution in [-0.2, 0) is 6.61 Å². The van der Waals surface area contributed by atoms with Gasteiger partial charge in [0.15, 0.2) is 11.6 Å². The molecular formula is C14H11BrF2O. The molecule has 0 saturated carbocycles. The lowest BCUT2D eigenvalue weighted by molar-refractivity contribution is 0.305. The van der Waals surface area contributed by atoms with Gasteiger partial charge in [-0.3, -0.25) is 0 Å². The average molecular weight is 313 g/mol. The van der Waals surface area contributed by atoms with Gasteiger partial charge < -0.3 is 4.74 Å². The van der Waals surface area contributed by atoms with Crippen LogP contribution in [0, 0.1) is 18.6 Å². The zero-order valence-corrected chi connectivity index (χ0v) is 11.3. The molecule has 0 spiro atoms. The fourth-order valence-electron chi connectivity index (χ4n) is 1.50. The number of hydrogen-bond donors (Lipinski definition) is 0. The molecule has 4 heteroatoms. The van der Waals surface area contributed by atoms with Crippen molar-refractivity contribution < 1.29 is 13.5 Å². The van der Waals surface area contributed by atoms with E-state index in [4.69, 9.17) is 4.74 Å². The summed E-state index contributed by atoms with van der Waals surface area (Å²) in [5, 5.41) is 0. The Balaban J connectivity index is 2.06. The molecule has 0 N–H and O–H groups in total. The SMILES string of the molecule is Cc1cc(OCc2ccc(F)c(F)c2)ccc1Br. The Bertz CT molecular complexity index is 518. The van der Waals surface area contributed by atoms with Crippen molar-refractivity contribution in [3.05, 3.63) is 63.6 Å². The van der Waals surface area contributed by atoms with Crippen molar-refractivity contribution >= 4 is 15.9 Å². The molecule has 2 aromatic rings. The van der Waals surface area contributed by atoms with Gasteiger partial charge in [0.05, 0.1) is 0 Å². The van der Waals surface area contributed by atoms with Crippen molar-refractivity contribution in [3.63, 3.8) is 0 Å². The molecule has 0 fully saturated rings. The minimum Gasteiger partial charge on any atom is -0.489 e. The Labute approximate surface area is 113 Å². The molecule has 0 aromatic heterocycles. The quantitative estimate of drug-likeness (QED) is 0.804. The highest BCUT2D eigenvalue weighted by molar-refractivity contribution is 9.10. The number of benzene rings is 2. The molecule has 0 saturated heterocycles. The van der Waals surface area contributed by atoms with Crippen LogP contribution in [0.4, 0.5) is 8.78 Å². The van der Waals surface area contributed by atoms with E-state index >= 15 is 0 Å². The molecule has 0 radical (unpaired) electrons. The van der Waals surface area contributed by atoms with Gasteiger partial charge in [-0.2, -0.15) is 0 Å². The topological polar surface area (TPSA) is 9.23 Å². The number of hydrogen-bond acceptors (Lipinski definition) is 1. The van der Waals surface area contributed by atoms with Gasteiger partial charge in [-0.05, 0) is 48.4 Å². The number of rotatable bonds is 3. The van der Waals surface area contributed by atoms with Gasteiger partial charge in [0, 0.05) is 4.47 Å². The Kier molecular flexibility index (Phi) is 3.97. The fraction of sp³-hybridized carbons (Fsp3) is 0.143. The van der Waals surface area contributed by atoms with Crippen LogP contribution >= 0.6 is 15.9 Å². The summed E-state index contributed by atoms with van der Waals surface area (Å²) in [6, 6.07) is 9.32. The van der Waals surface area contributed by atoms with Gasteiger partial charge in [-0.25, -0.2) is 8.78 Å². The van der Waals surface area contributed by atoms with Crippen LogP contribution in [-0.4, -0.2) is 0 Å². The maximum atomic E-state index is 13.0. The van der Waals surface area contributed by atoms with Crippen LogP contribution in [0.3, 0.4) is 0 Å². The summed E-state index contributed by atoms with van der Waals surface area (Å²) in [5.41, 5.74) is 1.65. The monoisotopic (exact) mass is 312 g/mol. The number of aryl methyl sites for hydroxylation is 1. The van der Waals surface area contributed by atoms with E-state index in [2.05, 4.69) is 15.9 Å². The number of halogens is 3. The highest BCUT2D eigenvalue weighted by atomic mass is 79.9. The van der Waals surface area contributed by atoms with E-state index in [-0.39, 0.29) is 6.61 Å². The molecule has 2 aromatic carbocycles. The third kappa shape index (κ3) is 3.07. The van der Waals surface area contributed by atoms with Gasteiger partial charge >= 0.3 is 0 Å². The van der Waals surface area contributed by atoms with Crippen molar-refractivity contribution in [2.45, 2.75) is 13.5 Å². The fourth-order valence-corrected chi connectivity index (χ4v) is 1.75. The first-order valence-electron chi connectivity index (χ1n) is 5.39. The second-order valence-corrected chi connectivity index (χ2v) is 4.80. The van der Waals surface area contributed by atoms with Crippen LogP contribution in [0.25, 0.3) is 0 Å². The van der Waals surface area contributed by atoms with E-state index in [9.17, 15) is 8.78 Å². The maximum Gasteiger partial charge on any atom is 0.159 e. The predicted molar refractivity (Wildman–Crippen MR) is 69.6 cm³/mol. The normalized spacial score (nSPS) is 10.4. The maximum absolute atomic E-state index is 13.0. The lowest BCUT2D eigenvalue weighted by Crippen LogP contribution is -1.97. The first kappa shape index (κ1) is 13.0. The second-order valence-electron chi connectivity index (χ2n) is 3.95. The van der Waals surface area contributed by atoms with Gasteiger partial charge in [0.25, 0.3) is 0 Å². The minimum atomic E-state index is -0.858. The zero-order valence-electron chi connectivity index (χ0n) is 9.71. The van der Waals surface area contributed by atoms with E-state index in [1.807, 2.05) is 25.1 Å². The molecule has 0 aliphatic carbocycles. The van der Waals surface area contributed by atoms with Crippen molar-refractivity contribution in [1.82, 2.24) is 0 Å². The molecular weight excluding hydrogens is 302 g/mol. The Morgan fingerprint density at radius 2 is 1.83 bits per heavy atom. The molecule has 0 bridgehead atoms. The molecule has 18 heavy (non-hydrogen) atoms. The molecule has 0 heterocycles. The zero-order chi connectivity index (χ0) is 13.1. The summed E-state index contributed by atoms with van der Waals surface area (Å²) < 4.78 is 32.2. The summed E-state index contributed by atoms with van der Waals surface area (Å²) in [7, 11) is 0. The van der Waals surface area contributed by atoms with Gasteiger partial charge in [0.2, 0.25) is 0 Å². The molecule has 2 rings (SSSR count). The summed E-state index contributed by atoms with van der Waals surface area (Å²) in [6.07, 6.45) is 0. The average Bonchev–Trinajstić information content (AvgIpc) is 2.35. The van der Waals surface area contributed by atoms with Crippen molar-refractivity contribution in [2.75, 3.05) is 0 Å². The lowest BCUT2D eigenvalue weighted by atomic mass is 10.2. The van der Waals surface area contributed by atoms with Crippen molar-refractivity contribution in [3.8, 4) is 5.75 Å². The summed E-state index contributed by atoms with van der Waals surface area (Å²) in [4.78, 5) is 0. The largest absolute Gasteiger partial charge is 0.489 e. The van der Waals surface area contributed by atoms with Gasteiger partial charge in [-0.1, -0.05) is 22.0 Å². The van der Waals surface area contributed by atoms with Gasteiger partial charge in [-0.15, -0.1) is 0 Å². The molecule has 0 unspecified atom stereocenters. The van der Waals surface area contributed by atoms with Crippen LogP contribution in [0.2, 0.25) is 0 Å². The second kappa shape index (κ2) is 5.48. The minimum absolute atomic E-state index is 0.207. The van der Waals surface area contributed by atoms with E-state index in [1.54, 1.807) is 0 Å². The third-order valence-electron chi connectivity index (χ3n) is 2.52. The van der Waals surface area contributed by atoms with E-state index in [0.717, 1.165) is 22.2 Å². The number of ether oxygens (including phenoxy) is 1. The lowest BCUT2D eigenvalue weighted by Gasteiger charge is -2.08. The standard InChI is InChI=1S/C14H11BrF2O/c1-9-6-11(3-4-12(9)15)18-8-10-2-5-13(16)14(17)7-10/h2-7H,8H2,1H3. The third-order valence-corrected chi connectivity index (χ3v) is 3.41. The highest BCUT2D eigenvalue weighted by Crippen LogP contribution is 2.22. The van der Waals surface area contributed by atoms with Crippen LogP contribution in [0.1, 0.15) is 11.1 Å². The Morgan fingerprint density at radius 3 is 2.50 bits per heavy atom. The van der Waals surface area contributed by atoms with Crippen molar-refractivity contribution in [2.24, 2.45) is 0 Å². The molecule has 1 nitrogen and oxygen atoms in total. The van der Waals surface area contributed by atoms with Crippen LogP contribution < -0.4 is 4.74 Å². The Morgan fingerprint density at radius 1 is 1.06 bits per heavy atom. The summed E-state index contributed by atoms with van der Waals surface area (Å²) in [5.74, 6) is -1.01. The summed E-state index contributed by atoms with van der Waals surface area (Å²) in [6.45, 7) is 2.16.